The third-order valence-electron chi connectivity index (χ3n) is 7.25. The molecule has 0 radical (unpaired) electrons. The predicted octanol–water partition coefficient (Wildman–Crippen LogP) is 3.55. The van der Waals surface area contributed by atoms with Gasteiger partial charge >= 0.3 is 0 Å². The van der Waals surface area contributed by atoms with E-state index in [-0.39, 0.29) is 11.3 Å². The number of piperidine rings is 1. The van der Waals surface area contributed by atoms with E-state index in [0.29, 0.717) is 11.4 Å². The molecule has 0 bridgehead atoms. The first-order valence-corrected chi connectivity index (χ1v) is 13.6. The van der Waals surface area contributed by atoms with Crippen molar-refractivity contribution >= 4 is 15.7 Å². The van der Waals surface area contributed by atoms with E-state index in [4.69, 9.17) is 4.74 Å². The Morgan fingerprint density at radius 1 is 0.970 bits per heavy atom. The smallest absolute Gasteiger partial charge is 0.229 e. The number of likely N-dealkylation sites (tertiary alicyclic amines) is 2. The van der Waals surface area contributed by atoms with Crippen LogP contribution >= 0.6 is 0 Å². The van der Waals surface area contributed by atoms with Gasteiger partial charge in [0, 0.05) is 19.3 Å². The van der Waals surface area contributed by atoms with Crippen LogP contribution in [0.15, 0.2) is 53.4 Å². The molecule has 2 fully saturated rings. The number of carbonyl (C=O) groups excluding carboxylic acids is 1. The van der Waals surface area contributed by atoms with Crippen molar-refractivity contribution in [2.24, 2.45) is 5.41 Å². The van der Waals surface area contributed by atoms with Crippen molar-refractivity contribution in [3.05, 3.63) is 59.7 Å². The van der Waals surface area contributed by atoms with Gasteiger partial charge in [-0.05, 0) is 81.1 Å². The Morgan fingerprint density at radius 3 is 2.30 bits per heavy atom. The molecule has 1 amide bonds. The van der Waals surface area contributed by atoms with Gasteiger partial charge in [-0.3, -0.25) is 4.79 Å². The lowest BCUT2D eigenvalue weighted by Gasteiger charge is -2.38. The van der Waals surface area contributed by atoms with E-state index >= 15 is 0 Å². The summed E-state index contributed by atoms with van der Waals surface area (Å²) in [5.74, 6) is 1.22. The van der Waals surface area contributed by atoms with Crippen molar-refractivity contribution in [3.63, 3.8) is 0 Å². The van der Waals surface area contributed by atoms with Gasteiger partial charge < -0.3 is 14.5 Å². The van der Waals surface area contributed by atoms with Crippen LogP contribution in [0.2, 0.25) is 0 Å². The summed E-state index contributed by atoms with van der Waals surface area (Å²) in [4.78, 5) is 18.0. The Labute approximate surface area is 197 Å². The van der Waals surface area contributed by atoms with Crippen LogP contribution in [0.5, 0.6) is 5.75 Å². The Hall–Kier alpha value is -2.38. The lowest BCUT2D eigenvalue weighted by atomic mass is 9.77. The predicted molar refractivity (Wildman–Crippen MR) is 129 cm³/mol. The van der Waals surface area contributed by atoms with E-state index in [1.165, 1.54) is 11.8 Å². The van der Waals surface area contributed by atoms with Crippen LogP contribution in [0, 0.1) is 5.41 Å². The van der Waals surface area contributed by atoms with Crippen LogP contribution in [0.4, 0.5) is 0 Å². The molecule has 0 unspecified atom stereocenters. The zero-order chi connectivity index (χ0) is 23.5. The van der Waals surface area contributed by atoms with E-state index in [2.05, 4.69) is 17.0 Å². The molecule has 178 valence electrons. The second-order valence-corrected chi connectivity index (χ2v) is 11.4. The maximum atomic E-state index is 13.3. The summed E-state index contributed by atoms with van der Waals surface area (Å²) < 4.78 is 28.8. The highest BCUT2D eigenvalue weighted by Gasteiger charge is 2.47. The highest BCUT2D eigenvalue weighted by Crippen LogP contribution is 2.42. The normalized spacial score (nSPS) is 18.7. The summed E-state index contributed by atoms with van der Waals surface area (Å²) in [6.45, 7) is 4.30. The van der Waals surface area contributed by atoms with Gasteiger partial charge in [-0.25, -0.2) is 8.42 Å². The number of ether oxygens (including phenoxy) is 1. The number of hydrogen-bond donors (Lipinski definition) is 0. The zero-order valence-corrected chi connectivity index (χ0v) is 20.4. The van der Waals surface area contributed by atoms with Crippen LogP contribution < -0.4 is 4.74 Å². The summed E-state index contributed by atoms with van der Waals surface area (Å²) >= 11 is 0. The average Bonchev–Trinajstić information content (AvgIpc) is 3.10. The van der Waals surface area contributed by atoms with Crippen molar-refractivity contribution in [3.8, 4) is 5.75 Å². The Bertz CT molecular complexity index is 1070. The molecule has 4 rings (SSSR count). The van der Waals surface area contributed by atoms with Crippen LogP contribution in [0.3, 0.4) is 0 Å². The Balaban J connectivity index is 1.27. The quantitative estimate of drug-likeness (QED) is 0.590. The van der Waals surface area contributed by atoms with Gasteiger partial charge in [-0.2, -0.15) is 0 Å². The summed E-state index contributed by atoms with van der Waals surface area (Å²) in [6.07, 6.45) is 6.05. The molecule has 7 heteroatoms. The van der Waals surface area contributed by atoms with E-state index in [1.54, 1.807) is 19.2 Å². The summed E-state index contributed by atoms with van der Waals surface area (Å²) in [7, 11) is -1.49. The maximum absolute atomic E-state index is 13.3. The lowest BCUT2D eigenvalue weighted by Crippen LogP contribution is -2.44. The molecular weight excluding hydrogens is 436 g/mol. The van der Waals surface area contributed by atoms with Gasteiger partial charge in [0.25, 0.3) is 0 Å². The maximum Gasteiger partial charge on any atom is 0.229 e. The standard InChI is InChI=1S/C26H34N2O4S/c1-32-24-8-4-3-6-22(24)7-5-16-27-17-13-26(14-18-27)15-19-28(25(26)29)20-21-9-11-23(12-10-21)33(2,30)31/h3-4,6,8-12H,5,7,13-20H2,1-2H3. The van der Waals surface area contributed by atoms with Gasteiger partial charge in [-0.15, -0.1) is 0 Å². The number of rotatable bonds is 8. The molecule has 0 atom stereocenters. The fourth-order valence-electron chi connectivity index (χ4n) is 5.18. The van der Waals surface area contributed by atoms with Gasteiger partial charge in [0.2, 0.25) is 5.91 Å². The molecule has 2 aliphatic heterocycles. The second-order valence-electron chi connectivity index (χ2n) is 9.43. The van der Waals surface area contributed by atoms with Crippen LogP contribution in [0.25, 0.3) is 0 Å². The van der Waals surface area contributed by atoms with Crippen LogP contribution in [-0.4, -0.2) is 63.7 Å². The summed E-state index contributed by atoms with van der Waals surface area (Å²) in [5, 5.41) is 0. The minimum absolute atomic E-state index is 0.216. The fourth-order valence-corrected chi connectivity index (χ4v) is 5.81. The number of aryl methyl sites for hydroxylation is 1. The van der Waals surface area contributed by atoms with Crippen LogP contribution in [0.1, 0.15) is 36.8 Å². The number of para-hydroxylation sites is 1. The number of carbonyl (C=O) groups is 1. The van der Waals surface area contributed by atoms with Crippen molar-refractivity contribution in [2.45, 2.75) is 43.5 Å². The van der Waals surface area contributed by atoms with Crippen molar-refractivity contribution in [1.82, 2.24) is 9.80 Å². The molecule has 1 spiro atoms. The third kappa shape index (κ3) is 5.41. The minimum atomic E-state index is -3.20. The number of amides is 1. The minimum Gasteiger partial charge on any atom is -0.496 e. The molecule has 2 saturated heterocycles. The van der Waals surface area contributed by atoms with Crippen molar-refractivity contribution < 1.29 is 17.9 Å². The number of nitrogens with zero attached hydrogens (tertiary/aromatic N) is 2. The molecular formula is C26H34N2O4S. The van der Waals surface area contributed by atoms with Gasteiger partial charge in [-0.1, -0.05) is 30.3 Å². The molecule has 2 aromatic rings. The number of sulfone groups is 1. The molecule has 0 aromatic heterocycles. The van der Waals surface area contributed by atoms with E-state index < -0.39 is 9.84 Å². The average molecular weight is 471 g/mol. The number of methoxy groups -OCH3 is 1. The molecule has 6 nitrogen and oxygen atoms in total. The first kappa shape index (κ1) is 23.8. The highest BCUT2D eigenvalue weighted by atomic mass is 32.2. The second kappa shape index (κ2) is 9.85. The monoisotopic (exact) mass is 470 g/mol. The van der Waals surface area contributed by atoms with E-state index in [0.717, 1.165) is 69.6 Å². The first-order valence-electron chi connectivity index (χ1n) is 11.7. The number of hydrogen-bond acceptors (Lipinski definition) is 5. The fraction of sp³-hybridized carbons (Fsp3) is 0.500. The molecule has 0 aliphatic carbocycles. The molecule has 0 N–H and O–H groups in total. The van der Waals surface area contributed by atoms with Gasteiger partial charge in [0.1, 0.15) is 5.75 Å². The Morgan fingerprint density at radius 2 is 1.64 bits per heavy atom. The third-order valence-corrected chi connectivity index (χ3v) is 8.38. The molecule has 2 aromatic carbocycles. The molecule has 0 saturated carbocycles. The van der Waals surface area contributed by atoms with Gasteiger partial charge in [0.15, 0.2) is 9.84 Å². The SMILES string of the molecule is COc1ccccc1CCCN1CCC2(CC1)CCN(Cc1ccc(S(C)(=O)=O)cc1)C2=O. The van der Waals surface area contributed by atoms with Crippen molar-refractivity contribution in [1.29, 1.82) is 0 Å². The van der Waals surface area contributed by atoms with Gasteiger partial charge in [0.05, 0.1) is 17.4 Å². The van der Waals surface area contributed by atoms with E-state index in [1.807, 2.05) is 29.2 Å². The largest absolute Gasteiger partial charge is 0.496 e. The molecule has 2 aliphatic rings. The zero-order valence-electron chi connectivity index (χ0n) is 19.6. The summed E-state index contributed by atoms with van der Waals surface area (Å²) in [6, 6.07) is 15.1. The highest BCUT2D eigenvalue weighted by molar-refractivity contribution is 7.90. The van der Waals surface area contributed by atoms with E-state index in [9.17, 15) is 13.2 Å². The summed E-state index contributed by atoms with van der Waals surface area (Å²) in [5.41, 5.74) is 2.01. The Kier molecular flexibility index (Phi) is 7.10. The lowest BCUT2D eigenvalue weighted by molar-refractivity contribution is -0.138. The molecule has 33 heavy (non-hydrogen) atoms. The first-order chi connectivity index (χ1) is 15.8. The topological polar surface area (TPSA) is 66.9 Å². The van der Waals surface area contributed by atoms with Crippen LogP contribution in [-0.2, 0) is 27.6 Å². The molecule has 2 heterocycles. The van der Waals surface area contributed by atoms with Crippen molar-refractivity contribution in [2.75, 3.05) is 39.5 Å². The number of benzene rings is 2.